The van der Waals surface area contributed by atoms with E-state index in [0.717, 1.165) is 18.2 Å². The van der Waals surface area contributed by atoms with Crippen LogP contribution in [0, 0.1) is 5.41 Å². The summed E-state index contributed by atoms with van der Waals surface area (Å²) in [7, 11) is 0. The lowest BCUT2D eigenvalue weighted by molar-refractivity contribution is -0.137. The second-order valence-corrected chi connectivity index (χ2v) is 4.06. The minimum atomic E-state index is -4.47. The van der Waals surface area contributed by atoms with Gasteiger partial charge >= 0.3 is 6.18 Å². The lowest BCUT2D eigenvalue weighted by atomic mass is 10.1. The zero-order valence-corrected chi connectivity index (χ0v) is 10.6. The minimum absolute atomic E-state index is 0.0128. The van der Waals surface area contributed by atoms with Crippen molar-refractivity contribution < 1.29 is 23.1 Å². The van der Waals surface area contributed by atoms with Gasteiger partial charge in [-0.2, -0.15) is 19.1 Å². The zero-order chi connectivity index (χ0) is 15.2. The number of benzene rings is 1. The van der Waals surface area contributed by atoms with Crippen LogP contribution < -0.4 is 11.2 Å². The van der Waals surface area contributed by atoms with Gasteiger partial charge in [0.25, 0.3) is 0 Å². The normalized spacial score (nSPS) is 11.2. The van der Waals surface area contributed by atoms with E-state index in [1.807, 2.05) is 0 Å². The van der Waals surface area contributed by atoms with Crippen LogP contribution in [0.25, 0.3) is 0 Å². The van der Waals surface area contributed by atoms with Crippen LogP contribution >= 0.6 is 0 Å². The number of aliphatic hydroxyl groups is 1. The summed E-state index contributed by atoms with van der Waals surface area (Å²) in [4.78, 5) is 4.25. The van der Waals surface area contributed by atoms with Crippen molar-refractivity contribution in [3.05, 3.63) is 29.3 Å². The third kappa shape index (κ3) is 4.39. The van der Waals surface area contributed by atoms with Gasteiger partial charge in [-0.15, -0.1) is 0 Å². The maximum Gasteiger partial charge on any atom is 0.416 e. The van der Waals surface area contributed by atoms with Crippen molar-refractivity contribution in [3.63, 3.8) is 0 Å². The number of aliphatic hydroxyl groups excluding tert-OH is 1. The fraction of sp³-hybridized carbons (Fsp3) is 0.417. The molecule has 8 heteroatoms. The third-order valence-corrected chi connectivity index (χ3v) is 2.61. The molecular formula is C12H16F3N3O2. The van der Waals surface area contributed by atoms with Crippen molar-refractivity contribution in [3.8, 4) is 0 Å². The monoisotopic (exact) mass is 291 g/mol. The summed E-state index contributed by atoms with van der Waals surface area (Å²) in [6, 6.07) is 2.90. The Balaban J connectivity index is 2.97. The molecule has 0 aliphatic carbocycles. The highest BCUT2D eigenvalue weighted by Gasteiger charge is 2.31. The van der Waals surface area contributed by atoms with Gasteiger partial charge in [-0.3, -0.25) is 5.41 Å². The molecule has 0 radical (unpaired) electrons. The molecule has 1 aromatic rings. The first-order valence-corrected chi connectivity index (χ1v) is 5.91. The van der Waals surface area contributed by atoms with Gasteiger partial charge in [0, 0.05) is 18.8 Å². The highest BCUT2D eigenvalue weighted by molar-refractivity contribution is 5.97. The number of alkyl halides is 3. The topological polar surface area (TPSA) is 91.4 Å². The summed E-state index contributed by atoms with van der Waals surface area (Å²) in [6.45, 7) is 0.381. The number of rotatable bonds is 6. The van der Waals surface area contributed by atoms with Crippen molar-refractivity contribution in [1.82, 2.24) is 0 Å². The Kier molecular flexibility index (Phi) is 5.78. The quantitative estimate of drug-likeness (QED) is 0.279. The van der Waals surface area contributed by atoms with E-state index >= 15 is 0 Å². The molecule has 0 fully saturated rings. The first kappa shape index (κ1) is 16.3. The van der Waals surface area contributed by atoms with E-state index in [2.05, 4.69) is 10.2 Å². The van der Waals surface area contributed by atoms with E-state index in [0.29, 0.717) is 19.4 Å². The molecule has 0 saturated heterocycles. The van der Waals surface area contributed by atoms with E-state index in [9.17, 15) is 13.2 Å². The molecule has 0 atom stereocenters. The molecular weight excluding hydrogens is 275 g/mol. The van der Waals surface area contributed by atoms with Crippen molar-refractivity contribution in [2.24, 2.45) is 5.90 Å². The van der Waals surface area contributed by atoms with Gasteiger partial charge in [0.05, 0.1) is 11.1 Å². The molecule has 1 aromatic carbocycles. The average Bonchev–Trinajstić information content (AvgIpc) is 2.41. The summed E-state index contributed by atoms with van der Waals surface area (Å²) in [6.07, 6.45) is -3.35. The Bertz CT molecular complexity index is 464. The zero-order valence-electron chi connectivity index (χ0n) is 10.6. The predicted octanol–water partition coefficient (Wildman–Crippen LogP) is 2.11. The number of hydrogen-bond acceptors (Lipinski definition) is 5. The van der Waals surface area contributed by atoms with Crippen LogP contribution in [0.3, 0.4) is 0 Å². The smallest absolute Gasteiger partial charge is 0.396 e. The summed E-state index contributed by atoms with van der Waals surface area (Å²) < 4.78 is 38.0. The second-order valence-electron chi connectivity index (χ2n) is 4.06. The van der Waals surface area contributed by atoms with Gasteiger partial charge < -0.3 is 15.3 Å². The molecule has 0 bridgehead atoms. The van der Waals surface area contributed by atoms with Crippen LogP contribution in [0.2, 0.25) is 0 Å². The number of nitrogens with two attached hydrogens (primary N) is 1. The molecule has 5 N–H and O–H groups in total. The summed E-state index contributed by atoms with van der Waals surface area (Å²) in [5, 5.41) is 18.9. The van der Waals surface area contributed by atoms with Crippen LogP contribution in [0.15, 0.2) is 18.2 Å². The van der Waals surface area contributed by atoms with Gasteiger partial charge in [-0.25, -0.2) is 0 Å². The van der Waals surface area contributed by atoms with Crippen molar-refractivity contribution in [2.45, 2.75) is 19.0 Å². The van der Waals surface area contributed by atoms with Gasteiger partial charge in [0.1, 0.15) is 0 Å². The van der Waals surface area contributed by atoms with E-state index in [-0.39, 0.29) is 17.9 Å². The Labute approximate surface area is 114 Å². The van der Waals surface area contributed by atoms with Gasteiger partial charge in [0.15, 0.2) is 0 Å². The SMILES string of the molecule is N=C(ON)c1ccc(C(F)(F)F)cc1NCCCCO. The molecule has 1 rings (SSSR count). The van der Waals surface area contributed by atoms with Gasteiger partial charge in [0.2, 0.25) is 5.90 Å². The number of halogens is 3. The number of hydrogen-bond donors (Lipinski definition) is 4. The second kappa shape index (κ2) is 7.11. The maximum absolute atomic E-state index is 12.7. The van der Waals surface area contributed by atoms with Crippen molar-refractivity contribution in [1.29, 1.82) is 5.41 Å². The largest absolute Gasteiger partial charge is 0.416 e. The molecule has 0 saturated carbocycles. The Morgan fingerprint density at radius 3 is 2.60 bits per heavy atom. The van der Waals surface area contributed by atoms with E-state index < -0.39 is 17.6 Å². The van der Waals surface area contributed by atoms with Gasteiger partial charge in [-0.1, -0.05) is 0 Å². The first-order valence-electron chi connectivity index (χ1n) is 5.91. The van der Waals surface area contributed by atoms with Crippen molar-refractivity contribution >= 4 is 11.6 Å². The molecule has 0 spiro atoms. The fourth-order valence-electron chi connectivity index (χ4n) is 1.59. The average molecular weight is 291 g/mol. The molecule has 0 heterocycles. The van der Waals surface area contributed by atoms with Crippen molar-refractivity contribution in [2.75, 3.05) is 18.5 Å². The van der Waals surface area contributed by atoms with Crippen LogP contribution in [0.5, 0.6) is 0 Å². The van der Waals surface area contributed by atoms with E-state index in [4.69, 9.17) is 16.4 Å². The van der Waals surface area contributed by atoms with Crippen LogP contribution in [-0.2, 0) is 11.0 Å². The first-order chi connectivity index (χ1) is 9.40. The lowest BCUT2D eigenvalue weighted by Gasteiger charge is -2.14. The van der Waals surface area contributed by atoms with E-state index in [1.165, 1.54) is 0 Å². The molecule has 0 aliphatic rings. The molecule has 0 amide bonds. The molecule has 20 heavy (non-hydrogen) atoms. The van der Waals surface area contributed by atoms with Crippen LogP contribution in [0.1, 0.15) is 24.0 Å². The van der Waals surface area contributed by atoms with Crippen LogP contribution in [-0.4, -0.2) is 24.2 Å². The molecule has 0 unspecified atom stereocenters. The van der Waals surface area contributed by atoms with Gasteiger partial charge in [-0.05, 0) is 31.0 Å². The molecule has 0 aromatic heterocycles. The maximum atomic E-state index is 12.7. The highest BCUT2D eigenvalue weighted by Crippen LogP contribution is 2.32. The molecule has 5 nitrogen and oxygen atoms in total. The standard InChI is InChI=1S/C12H16F3N3O2/c13-12(14,15)8-3-4-9(11(16)20-17)10(7-8)18-5-1-2-6-19/h3-4,7,16,18-19H,1-2,5-6,17H2. The van der Waals surface area contributed by atoms with E-state index in [1.54, 1.807) is 0 Å². The minimum Gasteiger partial charge on any atom is -0.396 e. The third-order valence-electron chi connectivity index (χ3n) is 2.61. The lowest BCUT2D eigenvalue weighted by Crippen LogP contribution is -2.15. The highest BCUT2D eigenvalue weighted by atomic mass is 19.4. The molecule has 112 valence electrons. The summed E-state index contributed by atoms with van der Waals surface area (Å²) in [5.74, 6) is 4.44. The Morgan fingerprint density at radius 2 is 2.05 bits per heavy atom. The Morgan fingerprint density at radius 1 is 1.35 bits per heavy atom. The summed E-state index contributed by atoms with van der Waals surface area (Å²) in [5.41, 5.74) is -0.562. The number of unbranched alkanes of at least 4 members (excludes halogenated alkanes) is 1. The predicted molar refractivity (Wildman–Crippen MR) is 68.4 cm³/mol. The fourth-order valence-corrected chi connectivity index (χ4v) is 1.59. The number of nitrogens with one attached hydrogen (secondary N) is 2. The van der Waals surface area contributed by atoms with Crippen LogP contribution in [0.4, 0.5) is 18.9 Å². The Hall–Kier alpha value is -1.80. The number of anilines is 1. The molecule has 0 aliphatic heterocycles. The summed E-state index contributed by atoms with van der Waals surface area (Å²) >= 11 is 0.